The van der Waals surface area contributed by atoms with Crippen LogP contribution >= 0.6 is 0 Å². The number of carbonyl (C=O) groups excluding carboxylic acids is 1. The van der Waals surface area contributed by atoms with Crippen LogP contribution in [0, 0.1) is 0 Å². The van der Waals surface area contributed by atoms with Gasteiger partial charge in [0, 0.05) is 25.3 Å². The Morgan fingerprint density at radius 1 is 1.09 bits per heavy atom. The number of rotatable bonds is 5. The number of sulfonamides is 1. The molecule has 0 bridgehead atoms. The molecule has 23 heavy (non-hydrogen) atoms. The summed E-state index contributed by atoms with van der Waals surface area (Å²) in [6.07, 6.45) is 0. The van der Waals surface area contributed by atoms with Gasteiger partial charge < -0.3 is 10.1 Å². The van der Waals surface area contributed by atoms with Crippen molar-refractivity contribution in [1.82, 2.24) is 4.31 Å². The molecule has 7 heteroatoms. The summed E-state index contributed by atoms with van der Waals surface area (Å²) in [5.41, 5.74) is 0.861. The molecule has 0 heterocycles. The van der Waals surface area contributed by atoms with Gasteiger partial charge in [-0.1, -0.05) is 18.2 Å². The van der Waals surface area contributed by atoms with Gasteiger partial charge >= 0.3 is 0 Å². The maximum absolute atomic E-state index is 12.4. The number of nitrogens with one attached hydrogen (secondary N) is 1. The first kappa shape index (κ1) is 17.0. The van der Waals surface area contributed by atoms with Gasteiger partial charge in [-0.25, -0.2) is 12.7 Å². The van der Waals surface area contributed by atoms with Crippen molar-refractivity contribution in [2.24, 2.45) is 0 Å². The minimum absolute atomic E-state index is 0.0503. The minimum Gasteiger partial charge on any atom is -0.495 e. The molecule has 0 aliphatic rings. The summed E-state index contributed by atoms with van der Waals surface area (Å²) in [4.78, 5) is 12.3. The Balaban J connectivity index is 2.40. The minimum atomic E-state index is -3.72. The molecule has 122 valence electrons. The SMILES string of the molecule is COc1ccc(C(=O)Nc2ccccc2)cc1S(=O)(=O)N(C)C. The van der Waals surface area contributed by atoms with Crippen LogP contribution in [0.15, 0.2) is 53.4 Å². The Morgan fingerprint density at radius 2 is 1.74 bits per heavy atom. The number of carbonyl (C=O) groups is 1. The lowest BCUT2D eigenvalue weighted by atomic mass is 10.2. The molecule has 0 aliphatic carbocycles. The molecule has 0 spiro atoms. The van der Waals surface area contributed by atoms with E-state index in [9.17, 15) is 13.2 Å². The largest absolute Gasteiger partial charge is 0.495 e. The first-order valence-electron chi connectivity index (χ1n) is 6.83. The standard InChI is InChI=1S/C16H18N2O4S/c1-18(2)23(20,21)15-11-12(9-10-14(15)22-3)16(19)17-13-7-5-4-6-8-13/h4-11H,1-3H3,(H,17,19). The second-order valence-corrected chi connectivity index (χ2v) is 7.09. The fourth-order valence-electron chi connectivity index (χ4n) is 1.94. The molecule has 2 aromatic rings. The first-order valence-corrected chi connectivity index (χ1v) is 8.27. The Kier molecular flexibility index (Phi) is 5.02. The van der Waals surface area contributed by atoms with Gasteiger partial charge in [0.15, 0.2) is 0 Å². The summed E-state index contributed by atoms with van der Waals surface area (Å²) in [7, 11) is 0.507. The van der Waals surface area contributed by atoms with Crippen LogP contribution in [0.2, 0.25) is 0 Å². The molecule has 0 atom stereocenters. The van der Waals surface area contributed by atoms with Crippen molar-refractivity contribution in [3.63, 3.8) is 0 Å². The maximum atomic E-state index is 12.4. The zero-order valence-corrected chi connectivity index (χ0v) is 13.9. The normalized spacial score (nSPS) is 11.3. The van der Waals surface area contributed by atoms with Crippen LogP contribution < -0.4 is 10.1 Å². The predicted molar refractivity (Wildman–Crippen MR) is 88.3 cm³/mol. The highest BCUT2D eigenvalue weighted by molar-refractivity contribution is 7.89. The van der Waals surface area contributed by atoms with Crippen molar-refractivity contribution >= 4 is 21.6 Å². The Morgan fingerprint density at radius 3 is 2.30 bits per heavy atom. The first-order chi connectivity index (χ1) is 10.9. The van der Waals surface area contributed by atoms with E-state index in [1.165, 1.54) is 39.4 Å². The third kappa shape index (κ3) is 3.69. The van der Waals surface area contributed by atoms with E-state index in [1.54, 1.807) is 24.3 Å². The van der Waals surface area contributed by atoms with E-state index in [0.717, 1.165) is 4.31 Å². The smallest absolute Gasteiger partial charge is 0.255 e. The Bertz CT molecular complexity index is 802. The molecule has 6 nitrogen and oxygen atoms in total. The molecular formula is C16H18N2O4S. The molecule has 0 radical (unpaired) electrons. The Labute approximate surface area is 135 Å². The lowest BCUT2D eigenvalue weighted by Crippen LogP contribution is -2.23. The number of nitrogens with zero attached hydrogens (tertiary/aromatic N) is 1. The number of hydrogen-bond acceptors (Lipinski definition) is 4. The number of hydrogen-bond donors (Lipinski definition) is 1. The van der Waals surface area contributed by atoms with Crippen LogP contribution in [-0.2, 0) is 10.0 Å². The van der Waals surface area contributed by atoms with E-state index < -0.39 is 15.9 Å². The predicted octanol–water partition coefficient (Wildman–Crippen LogP) is 2.20. The zero-order chi connectivity index (χ0) is 17.0. The van der Waals surface area contributed by atoms with Crippen LogP contribution in [-0.4, -0.2) is 39.8 Å². The summed E-state index contributed by atoms with van der Waals surface area (Å²) in [6, 6.07) is 13.2. The molecule has 1 N–H and O–H groups in total. The number of para-hydroxylation sites is 1. The van der Waals surface area contributed by atoms with Gasteiger partial charge in [-0.3, -0.25) is 4.79 Å². The number of benzene rings is 2. The highest BCUT2D eigenvalue weighted by atomic mass is 32.2. The monoisotopic (exact) mass is 334 g/mol. The fourth-order valence-corrected chi connectivity index (χ4v) is 3.02. The van der Waals surface area contributed by atoms with Gasteiger partial charge in [0.2, 0.25) is 10.0 Å². The third-order valence-corrected chi connectivity index (χ3v) is 5.05. The highest BCUT2D eigenvalue weighted by Crippen LogP contribution is 2.27. The van der Waals surface area contributed by atoms with E-state index in [1.807, 2.05) is 6.07 Å². The molecular weight excluding hydrogens is 316 g/mol. The molecule has 0 saturated carbocycles. The summed E-state index contributed by atoms with van der Waals surface area (Å²) in [6.45, 7) is 0. The van der Waals surface area contributed by atoms with E-state index in [-0.39, 0.29) is 16.2 Å². The topological polar surface area (TPSA) is 75.7 Å². The zero-order valence-electron chi connectivity index (χ0n) is 13.1. The highest BCUT2D eigenvalue weighted by Gasteiger charge is 2.23. The summed E-state index contributed by atoms with van der Waals surface area (Å²) < 4.78 is 30.9. The van der Waals surface area contributed by atoms with Crippen molar-refractivity contribution in [1.29, 1.82) is 0 Å². The molecule has 0 aliphatic heterocycles. The van der Waals surface area contributed by atoms with E-state index >= 15 is 0 Å². The summed E-state index contributed by atoms with van der Waals surface area (Å²) in [5, 5.41) is 2.72. The maximum Gasteiger partial charge on any atom is 0.255 e. The molecule has 1 amide bonds. The van der Waals surface area contributed by atoms with Crippen molar-refractivity contribution in [2.75, 3.05) is 26.5 Å². The fraction of sp³-hybridized carbons (Fsp3) is 0.188. The van der Waals surface area contributed by atoms with Crippen LogP contribution in [0.25, 0.3) is 0 Å². The molecule has 2 rings (SSSR count). The average Bonchev–Trinajstić information content (AvgIpc) is 2.55. The van der Waals surface area contributed by atoms with Crippen molar-refractivity contribution in [3.8, 4) is 5.75 Å². The van der Waals surface area contributed by atoms with Crippen LogP contribution in [0.5, 0.6) is 5.75 Å². The van der Waals surface area contributed by atoms with Crippen LogP contribution in [0.1, 0.15) is 10.4 Å². The van der Waals surface area contributed by atoms with E-state index in [0.29, 0.717) is 5.69 Å². The average molecular weight is 334 g/mol. The van der Waals surface area contributed by atoms with E-state index in [2.05, 4.69) is 5.32 Å². The van der Waals surface area contributed by atoms with Gasteiger partial charge in [0.25, 0.3) is 5.91 Å². The van der Waals surface area contributed by atoms with Crippen molar-refractivity contribution < 1.29 is 17.9 Å². The molecule has 0 fully saturated rings. The second-order valence-electron chi connectivity index (χ2n) is 4.97. The summed E-state index contributed by atoms with van der Waals surface area (Å²) in [5.74, 6) is -0.205. The number of ether oxygens (including phenoxy) is 1. The van der Waals surface area contributed by atoms with Gasteiger partial charge in [0.1, 0.15) is 10.6 Å². The lowest BCUT2D eigenvalue weighted by molar-refractivity contribution is 0.102. The second kappa shape index (κ2) is 6.80. The summed E-state index contributed by atoms with van der Waals surface area (Å²) >= 11 is 0. The third-order valence-electron chi connectivity index (χ3n) is 3.22. The Hall–Kier alpha value is -2.38. The molecule has 2 aromatic carbocycles. The quantitative estimate of drug-likeness (QED) is 0.909. The molecule has 0 aromatic heterocycles. The van der Waals surface area contributed by atoms with Gasteiger partial charge in [0.05, 0.1) is 7.11 Å². The number of methoxy groups -OCH3 is 1. The van der Waals surface area contributed by atoms with Crippen molar-refractivity contribution in [3.05, 3.63) is 54.1 Å². The lowest BCUT2D eigenvalue weighted by Gasteiger charge is -2.15. The van der Waals surface area contributed by atoms with Crippen LogP contribution in [0.3, 0.4) is 0 Å². The van der Waals surface area contributed by atoms with Gasteiger partial charge in [-0.05, 0) is 30.3 Å². The van der Waals surface area contributed by atoms with E-state index in [4.69, 9.17) is 4.74 Å². The molecule has 0 unspecified atom stereocenters. The van der Waals surface area contributed by atoms with Crippen molar-refractivity contribution in [2.45, 2.75) is 4.90 Å². The van der Waals surface area contributed by atoms with Gasteiger partial charge in [-0.2, -0.15) is 0 Å². The molecule has 0 saturated heterocycles. The van der Waals surface area contributed by atoms with Gasteiger partial charge in [-0.15, -0.1) is 0 Å². The number of anilines is 1. The van der Waals surface area contributed by atoms with Crippen LogP contribution in [0.4, 0.5) is 5.69 Å². The number of amides is 1.